The van der Waals surface area contributed by atoms with Gasteiger partial charge in [0.15, 0.2) is 0 Å². The van der Waals surface area contributed by atoms with Crippen molar-refractivity contribution in [3.63, 3.8) is 0 Å². The van der Waals surface area contributed by atoms with Crippen LogP contribution in [0.2, 0.25) is 10.0 Å². The Morgan fingerprint density at radius 3 is 2.38 bits per heavy atom. The van der Waals surface area contributed by atoms with Crippen LogP contribution in [0.25, 0.3) is 32.9 Å². The van der Waals surface area contributed by atoms with Crippen molar-refractivity contribution in [2.24, 2.45) is 12.8 Å². The number of primary amides is 1. The number of fused-ring (bicyclic) bond motifs is 4. The third-order valence-electron chi connectivity index (χ3n) is 11.4. The lowest BCUT2D eigenvalue weighted by Crippen LogP contribution is -2.43. The third-order valence-corrected chi connectivity index (χ3v) is 12.3. The molecule has 11 nitrogen and oxygen atoms in total. The van der Waals surface area contributed by atoms with Gasteiger partial charge in [0.1, 0.15) is 22.9 Å². The molecule has 0 bridgehead atoms. The average molecular weight is 819 g/mol. The molecule has 13 heteroatoms. The lowest BCUT2D eigenvalue weighted by Gasteiger charge is -2.35. The molecule has 8 rings (SSSR count). The third kappa shape index (κ3) is 6.46. The molecule has 2 amide bonds. The van der Waals surface area contributed by atoms with E-state index >= 15 is 4.79 Å². The van der Waals surface area contributed by atoms with Crippen LogP contribution >= 0.6 is 23.2 Å². The molecule has 7 aromatic rings. The maximum Gasteiger partial charge on any atom is 0.275 e. The normalized spacial score (nSPS) is 14.1. The number of hydrogen-bond donors (Lipinski definition) is 1. The highest BCUT2D eigenvalue weighted by Gasteiger charge is 2.38. The number of halogens is 2. The Morgan fingerprint density at radius 2 is 1.72 bits per heavy atom. The van der Waals surface area contributed by atoms with E-state index in [2.05, 4.69) is 16.5 Å². The number of aromatic nitrogens is 5. The molecule has 2 N–H and O–H groups in total. The zero-order valence-corrected chi connectivity index (χ0v) is 35.1. The maximum absolute atomic E-state index is 15.5. The van der Waals surface area contributed by atoms with Crippen molar-refractivity contribution in [2.45, 2.75) is 60.0 Å². The number of methoxy groups -OCH3 is 1. The summed E-state index contributed by atoms with van der Waals surface area (Å²) in [5.41, 5.74) is 16.2. The number of aryl methyl sites for hydroxylation is 5. The molecule has 0 aliphatic carbocycles. The summed E-state index contributed by atoms with van der Waals surface area (Å²) in [6.45, 7) is 11.1. The summed E-state index contributed by atoms with van der Waals surface area (Å²) in [4.78, 5) is 34.8. The summed E-state index contributed by atoms with van der Waals surface area (Å²) < 4.78 is 17.9. The van der Waals surface area contributed by atoms with Crippen molar-refractivity contribution < 1.29 is 19.1 Å². The number of nitrogens with two attached hydrogens (primary N) is 1. The largest absolute Gasteiger partial charge is 0.496 e. The second kappa shape index (κ2) is 15.2. The van der Waals surface area contributed by atoms with Crippen LogP contribution in [-0.2, 0) is 20.0 Å². The molecule has 1 aliphatic rings. The molecule has 0 spiro atoms. The van der Waals surface area contributed by atoms with E-state index in [9.17, 15) is 4.79 Å². The zero-order chi connectivity index (χ0) is 41.2. The fourth-order valence-electron chi connectivity index (χ4n) is 8.69. The van der Waals surface area contributed by atoms with E-state index in [-0.39, 0.29) is 24.2 Å². The van der Waals surface area contributed by atoms with Crippen molar-refractivity contribution in [2.75, 3.05) is 25.2 Å². The predicted molar refractivity (Wildman–Crippen MR) is 230 cm³/mol. The van der Waals surface area contributed by atoms with Gasteiger partial charge in [0, 0.05) is 58.4 Å². The number of anilines is 1. The smallest absolute Gasteiger partial charge is 0.275 e. The first-order valence-electron chi connectivity index (χ1n) is 19.3. The predicted octanol–water partition coefficient (Wildman–Crippen LogP) is 9.32. The highest BCUT2D eigenvalue weighted by Crippen LogP contribution is 2.46. The molecule has 1 aliphatic heterocycles. The van der Waals surface area contributed by atoms with Crippen molar-refractivity contribution in [1.29, 1.82) is 0 Å². The SMILES string of the molecule is COc1ccc(N2C[C@@H](C)n3c(c(CCCOc4cc(C)c(Cl)c(C)c4)c4ccc(Cl)c(-c5c(C)nn(C)c5C)c43)C2=O)c2c1cc(C(N)=O)n2Cc1ccccn1. The van der Waals surface area contributed by atoms with Gasteiger partial charge < -0.3 is 29.2 Å². The number of hydrogen-bond acceptors (Lipinski definition) is 6. The van der Waals surface area contributed by atoms with Gasteiger partial charge in [-0.2, -0.15) is 5.10 Å². The Bertz CT molecular complexity index is 2760. The van der Waals surface area contributed by atoms with Crippen LogP contribution in [0.15, 0.2) is 66.9 Å². The Labute approximate surface area is 346 Å². The quantitative estimate of drug-likeness (QED) is 0.130. The first-order valence-corrected chi connectivity index (χ1v) is 20.0. The summed E-state index contributed by atoms with van der Waals surface area (Å²) in [6, 6.07) is 18.7. The van der Waals surface area contributed by atoms with Gasteiger partial charge in [0.25, 0.3) is 11.8 Å². The molecule has 4 aromatic heterocycles. The van der Waals surface area contributed by atoms with E-state index < -0.39 is 5.91 Å². The maximum atomic E-state index is 15.5. The first kappa shape index (κ1) is 39.1. The fourth-order valence-corrected chi connectivity index (χ4v) is 9.05. The Balaban J connectivity index is 1.30. The number of carbonyl (C=O) groups is 2. The Hall–Kier alpha value is -5.78. The van der Waals surface area contributed by atoms with Gasteiger partial charge in [-0.3, -0.25) is 19.3 Å². The Kier molecular flexibility index (Phi) is 10.2. The molecule has 0 unspecified atom stereocenters. The van der Waals surface area contributed by atoms with Gasteiger partial charge in [0.2, 0.25) is 0 Å². The minimum Gasteiger partial charge on any atom is -0.496 e. The second-order valence-corrected chi connectivity index (χ2v) is 15.9. The van der Waals surface area contributed by atoms with Crippen LogP contribution in [-0.4, -0.2) is 56.0 Å². The van der Waals surface area contributed by atoms with Gasteiger partial charge in [-0.25, -0.2) is 0 Å². The van der Waals surface area contributed by atoms with Crippen LogP contribution in [0.4, 0.5) is 5.69 Å². The number of nitrogens with zero attached hydrogens (tertiary/aromatic N) is 6. The number of rotatable bonds is 11. The van der Waals surface area contributed by atoms with E-state index in [4.69, 9.17) is 43.5 Å². The number of amides is 2. The van der Waals surface area contributed by atoms with Crippen molar-refractivity contribution >= 4 is 62.5 Å². The standard InChI is InChI=1S/C45H45Cl2N7O4/c1-24-19-30(20-25(2)40(24)47)58-18-10-12-31-32-13-14-34(46)39(38-27(4)50-51(6)28(38)5)42(32)54-26(3)22-53(45(56)43(31)54)35-15-16-37(57-7)33-21-36(44(48)55)52(41(33)35)23-29-11-8-9-17-49-29/h8-9,11,13-17,19-21,26H,10,12,18,22-23H2,1-7H3,(H2,48,55)/t26-/m1/s1. The zero-order valence-electron chi connectivity index (χ0n) is 33.6. The highest BCUT2D eigenvalue weighted by molar-refractivity contribution is 6.35. The minimum atomic E-state index is -0.600. The molecule has 0 fully saturated rings. The molecular formula is C45H45Cl2N7O4. The monoisotopic (exact) mass is 817 g/mol. The molecule has 1 atom stereocenters. The van der Waals surface area contributed by atoms with Crippen molar-refractivity contribution in [3.05, 3.63) is 122 Å². The van der Waals surface area contributed by atoms with E-state index in [1.165, 1.54) is 0 Å². The lowest BCUT2D eigenvalue weighted by atomic mass is 9.98. The van der Waals surface area contributed by atoms with Gasteiger partial charge >= 0.3 is 0 Å². The van der Waals surface area contributed by atoms with Crippen molar-refractivity contribution in [3.8, 4) is 22.6 Å². The summed E-state index contributed by atoms with van der Waals surface area (Å²) in [6.07, 6.45) is 2.90. The second-order valence-electron chi connectivity index (χ2n) is 15.1. The number of ether oxygens (including phenoxy) is 2. The van der Waals surface area contributed by atoms with Gasteiger partial charge in [-0.1, -0.05) is 35.3 Å². The van der Waals surface area contributed by atoms with Crippen LogP contribution < -0.4 is 20.1 Å². The highest BCUT2D eigenvalue weighted by atomic mass is 35.5. The molecular weight excluding hydrogens is 773 g/mol. The first-order chi connectivity index (χ1) is 27.8. The summed E-state index contributed by atoms with van der Waals surface area (Å²) >= 11 is 13.6. The number of carbonyl (C=O) groups excluding carboxylic acids is 2. The molecule has 5 heterocycles. The van der Waals surface area contributed by atoms with Crippen LogP contribution in [0, 0.1) is 27.7 Å². The molecule has 58 heavy (non-hydrogen) atoms. The van der Waals surface area contributed by atoms with E-state index in [1.807, 2.05) is 103 Å². The average Bonchev–Trinajstić information content (AvgIpc) is 3.83. The lowest BCUT2D eigenvalue weighted by molar-refractivity contribution is 0.0956. The number of benzene rings is 3. The fraction of sp³-hybridized carbons (Fsp3) is 0.289. The topological polar surface area (TPSA) is 122 Å². The van der Waals surface area contributed by atoms with Gasteiger partial charge in [0.05, 0.1) is 53.4 Å². The van der Waals surface area contributed by atoms with Gasteiger partial charge in [-0.15, -0.1) is 0 Å². The molecule has 3 aromatic carbocycles. The minimum absolute atomic E-state index is 0.173. The van der Waals surface area contributed by atoms with Crippen LogP contribution in [0.1, 0.15) is 74.1 Å². The van der Waals surface area contributed by atoms with E-state index in [0.717, 1.165) is 66.6 Å². The van der Waals surface area contributed by atoms with E-state index in [0.29, 0.717) is 59.0 Å². The van der Waals surface area contributed by atoms with Crippen molar-refractivity contribution in [1.82, 2.24) is 23.9 Å². The summed E-state index contributed by atoms with van der Waals surface area (Å²) in [7, 11) is 3.51. The molecule has 298 valence electrons. The molecule has 0 saturated heterocycles. The number of pyridine rings is 1. The summed E-state index contributed by atoms with van der Waals surface area (Å²) in [5, 5.41) is 7.67. The molecule has 0 radical (unpaired) electrons. The van der Waals surface area contributed by atoms with Crippen LogP contribution in [0.5, 0.6) is 11.5 Å². The van der Waals surface area contributed by atoms with E-state index in [1.54, 1.807) is 19.4 Å². The molecule has 0 saturated carbocycles. The Morgan fingerprint density at radius 1 is 0.966 bits per heavy atom. The van der Waals surface area contributed by atoms with Gasteiger partial charge in [-0.05, 0) is 113 Å². The summed E-state index contributed by atoms with van der Waals surface area (Å²) in [5.74, 6) is 0.537. The van der Waals surface area contributed by atoms with Crippen LogP contribution in [0.3, 0.4) is 0 Å².